The third-order valence-electron chi connectivity index (χ3n) is 6.14. The van der Waals surface area contributed by atoms with Crippen LogP contribution in [0.25, 0.3) is 22.2 Å². The van der Waals surface area contributed by atoms with E-state index in [4.69, 9.17) is 16.6 Å². The van der Waals surface area contributed by atoms with Crippen molar-refractivity contribution >= 4 is 28.9 Å². The van der Waals surface area contributed by atoms with Crippen LogP contribution in [0.1, 0.15) is 36.0 Å². The normalized spacial score (nSPS) is 15.9. The molecule has 0 spiro atoms. The molecule has 1 unspecified atom stereocenters. The highest BCUT2D eigenvalue weighted by molar-refractivity contribution is 7.71. The molecule has 150 valence electrons. The molecule has 0 radical (unpaired) electrons. The first kappa shape index (κ1) is 19.0. The van der Waals surface area contributed by atoms with Crippen molar-refractivity contribution in [2.45, 2.75) is 26.2 Å². The predicted molar refractivity (Wildman–Crippen MR) is 126 cm³/mol. The van der Waals surface area contributed by atoms with E-state index in [1.165, 1.54) is 16.8 Å². The van der Waals surface area contributed by atoms with Gasteiger partial charge >= 0.3 is 0 Å². The van der Waals surface area contributed by atoms with Crippen molar-refractivity contribution in [1.82, 2.24) is 4.98 Å². The molecule has 5 rings (SSSR count). The van der Waals surface area contributed by atoms with Gasteiger partial charge in [-0.3, -0.25) is 4.98 Å². The molecule has 0 aliphatic carbocycles. The van der Waals surface area contributed by atoms with Crippen molar-refractivity contribution in [3.63, 3.8) is 0 Å². The summed E-state index contributed by atoms with van der Waals surface area (Å²) < 4.78 is 6.89. The fourth-order valence-electron chi connectivity index (χ4n) is 4.64. The van der Waals surface area contributed by atoms with E-state index in [0.717, 1.165) is 47.3 Å². The standard InChI is InChI=1S/C26H24N2OS/c1-3-28-15-13-20(18-9-5-4-6-10-18)23-22(28)12-11-19-16-21(26(30)29-25(19)23)24-17(2)8-7-14-27-24/h4-12,14,16,20H,3,13,15H2,1-2H3. The van der Waals surface area contributed by atoms with Crippen LogP contribution in [0.2, 0.25) is 0 Å². The van der Waals surface area contributed by atoms with E-state index in [1.807, 2.05) is 6.07 Å². The first-order valence-corrected chi connectivity index (χ1v) is 10.9. The summed E-state index contributed by atoms with van der Waals surface area (Å²) >= 11 is 5.72. The van der Waals surface area contributed by atoms with Gasteiger partial charge in [-0.2, -0.15) is 0 Å². The topological polar surface area (TPSA) is 29.3 Å². The van der Waals surface area contributed by atoms with Crippen LogP contribution in [0.4, 0.5) is 5.69 Å². The van der Waals surface area contributed by atoms with Crippen molar-refractivity contribution in [3.8, 4) is 11.3 Å². The molecule has 2 aromatic carbocycles. The van der Waals surface area contributed by atoms with Crippen LogP contribution in [-0.4, -0.2) is 18.1 Å². The molecule has 4 heteroatoms. The Morgan fingerprint density at radius 1 is 1.10 bits per heavy atom. The van der Waals surface area contributed by atoms with Crippen molar-refractivity contribution in [2.24, 2.45) is 0 Å². The summed E-state index contributed by atoms with van der Waals surface area (Å²) in [5.74, 6) is 0.299. The highest BCUT2D eigenvalue weighted by Crippen LogP contribution is 2.44. The average molecular weight is 413 g/mol. The van der Waals surface area contributed by atoms with Crippen LogP contribution in [-0.2, 0) is 0 Å². The fourth-order valence-corrected chi connectivity index (χ4v) is 4.88. The minimum atomic E-state index is 0.299. The van der Waals surface area contributed by atoms with E-state index in [0.29, 0.717) is 10.6 Å². The summed E-state index contributed by atoms with van der Waals surface area (Å²) in [4.78, 5) is 6.99. The van der Waals surface area contributed by atoms with Gasteiger partial charge in [0.25, 0.3) is 0 Å². The zero-order valence-corrected chi connectivity index (χ0v) is 18.1. The SMILES string of the molecule is CCN1CCC(c2ccccc2)c2c1ccc1cc(-c3ncccc3C)c(=S)oc21. The molecule has 1 atom stereocenters. The number of fused-ring (bicyclic) bond motifs is 3. The molecule has 2 aromatic heterocycles. The number of hydrogen-bond acceptors (Lipinski definition) is 4. The van der Waals surface area contributed by atoms with Gasteiger partial charge < -0.3 is 9.32 Å². The second kappa shape index (κ2) is 7.69. The Morgan fingerprint density at radius 2 is 1.93 bits per heavy atom. The number of rotatable bonds is 3. The van der Waals surface area contributed by atoms with Gasteiger partial charge in [0.1, 0.15) is 5.58 Å². The van der Waals surface area contributed by atoms with Crippen LogP contribution in [0.3, 0.4) is 0 Å². The fraction of sp³-hybridized carbons (Fsp3) is 0.231. The second-order valence-electron chi connectivity index (χ2n) is 7.86. The van der Waals surface area contributed by atoms with Crippen LogP contribution < -0.4 is 4.90 Å². The lowest BCUT2D eigenvalue weighted by molar-refractivity contribution is 0.569. The van der Waals surface area contributed by atoms with E-state index >= 15 is 0 Å². The molecule has 1 aliphatic heterocycles. The number of pyridine rings is 1. The van der Waals surface area contributed by atoms with Gasteiger partial charge in [-0.15, -0.1) is 0 Å². The Kier molecular flexibility index (Phi) is 4.87. The Hall–Kier alpha value is -2.98. The molecule has 4 aromatic rings. The Balaban J connectivity index is 1.77. The monoisotopic (exact) mass is 412 g/mol. The van der Waals surface area contributed by atoms with E-state index in [1.54, 1.807) is 6.20 Å². The van der Waals surface area contributed by atoms with Gasteiger partial charge in [0.15, 0.2) is 4.71 Å². The summed E-state index contributed by atoms with van der Waals surface area (Å²) in [6.07, 6.45) is 2.87. The van der Waals surface area contributed by atoms with E-state index in [2.05, 4.69) is 78.3 Å². The van der Waals surface area contributed by atoms with Gasteiger partial charge in [0.05, 0.1) is 11.3 Å². The molecular weight excluding hydrogens is 388 g/mol. The van der Waals surface area contributed by atoms with Crippen LogP contribution >= 0.6 is 12.2 Å². The molecular formula is C26H24N2OS. The highest BCUT2D eigenvalue weighted by Gasteiger charge is 2.29. The zero-order chi connectivity index (χ0) is 20.7. The van der Waals surface area contributed by atoms with Crippen LogP contribution in [0, 0.1) is 11.6 Å². The summed E-state index contributed by atoms with van der Waals surface area (Å²) in [6, 6.07) is 21.3. The van der Waals surface area contributed by atoms with Gasteiger partial charge in [-0.05, 0) is 67.9 Å². The maximum Gasteiger partial charge on any atom is 0.200 e. The summed E-state index contributed by atoms with van der Waals surface area (Å²) in [7, 11) is 0. The van der Waals surface area contributed by atoms with Crippen molar-refractivity contribution in [3.05, 3.63) is 88.3 Å². The van der Waals surface area contributed by atoms with Crippen molar-refractivity contribution < 1.29 is 4.42 Å². The average Bonchev–Trinajstić information content (AvgIpc) is 2.79. The molecule has 0 bridgehead atoms. The maximum absolute atomic E-state index is 6.39. The highest BCUT2D eigenvalue weighted by atomic mass is 32.1. The first-order valence-electron chi connectivity index (χ1n) is 10.5. The number of anilines is 1. The number of aryl methyl sites for hydroxylation is 1. The summed E-state index contributed by atoms with van der Waals surface area (Å²) in [5, 5.41) is 1.07. The molecule has 3 nitrogen and oxygen atoms in total. The van der Waals surface area contributed by atoms with Gasteiger partial charge in [-0.25, -0.2) is 0 Å². The second-order valence-corrected chi connectivity index (χ2v) is 8.24. The predicted octanol–water partition coefficient (Wildman–Crippen LogP) is 6.89. The van der Waals surface area contributed by atoms with Gasteiger partial charge in [0.2, 0.25) is 0 Å². The molecule has 0 N–H and O–H groups in total. The lowest BCUT2D eigenvalue weighted by Crippen LogP contribution is -2.31. The van der Waals surface area contributed by atoms with E-state index in [-0.39, 0.29) is 0 Å². The first-order chi connectivity index (χ1) is 14.7. The number of benzene rings is 2. The lowest BCUT2D eigenvalue weighted by Gasteiger charge is -2.35. The number of nitrogens with zero attached hydrogens (tertiary/aromatic N) is 2. The smallest absolute Gasteiger partial charge is 0.200 e. The van der Waals surface area contributed by atoms with E-state index < -0.39 is 0 Å². The zero-order valence-electron chi connectivity index (χ0n) is 17.3. The Labute approximate surface area is 182 Å². The van der Waals surface area contributed by atoms with Crippen molar-refractivity contribution in [1.29, 1.82) is 0 Å². The molecule has 3 heterocycles. The van der Waals surface area contributed by atoms with E-state index in [9.17, 15) is 0 Å². The number of hydrogen-bond donors (Lipinski definition) is 0. The minimum absolute atomic E-state index is 0.299. The quantitative estimate of drug-likeness (QED) is 0.342. The van der Waals surface area contributed by atoms with Crippen LogP contribution in [0.5, 0.6) is 0 Å². The largest absolute Gasteiger partial charge is 0.444 e. The molecule has 30 heavy (non-hydrogen) atoms. The Morgan fingerprint density at radius 3 is 2.70 bits per heavy atom. The Bertz CT molecular complexity index is 1280. The molecule has 0 saturated carbocycles. The summed E-state index contributed by atoms with van der Waals surface area (Å²) in [6.45, 7) is 6.28. The number of aromatic nitrogens is 1. The minimum Gasteiger partial charge on any atom is -0.444 e. The molecule has 1 aliphatic rings. The molecule has 0 fully saturated rings. The third kappa shape index (κ3) is 3.12. The molecule has 0 saturated heterocycles. The third-order valence-corrected chi connectivity index (χ3v) is 6.45. The lowest BCUT2D eigenvalue weighted by atomic mass is 9.83. The van der Waals surface area contributed by atoms with Crippen molar-refractivity contribution in [2.75, 3.05) is 18.0 Å². The maximum atomic E-state index is 6.39. The van der Waals surface area contributed by atoms with Crippen LogP contribution in [0.15, 0.2) is 71.3 Å². The van der Waals surface area contributed by atoms with Gasteiger partial charge in [-0.1, -0.05) is 36.4 Å². The summed E-state index contributed by atoms with van der Waals surface area (Å²) in [5.41, 5.74) is 7.60. The van der Waals surface area contributed by atoms with Gasteiger partial charge in [0, 0.05) is 41.8 Å². The molecule has 0 amide bonds.